The molecule has 3 atom stereocenters. The van der Waals surface area contributed by atoms with E-state index in [2.05, 4.69) is 12.2 Å². The molecule has 2 fully saturated rings. The molecule has 1 aromatic rings. The minimum atomic E-state index is -0.592. The van der Waals surface area contributed by atoms with Crippen LogP contribution in [0.2, 0.25) is 0 Å². The second-order valence-corrected chi connectivity index (χ2v) is 8.13. The average molecular weight is 378 g/mol. The van der Waals surface area contributed by atoms with Crippen LogP contribution in [0.15, 0.2) is 17.5 Å². The van der Waals surface area contributed by atoms with Gasteiger partial charge in [0.25, 0.3) is 11.8 Å². The van der Waals surface area contributed by atoms with Crippen LogP contribution in [0, 0.1) is 5.92 Å². The molecule has 2 amide bonds. The van der Waals surface area contributed by atoms with Gasteiger partial charge < -0.3 is 15.0 Å². The van der Waals surface area contributed by atoms with E-state index in [1.807, 2.05) is 11.4 Å². The number of rotatable bonds is 5. The fourth-order valence-corrected chi connectivity index (χ4v) is 4.49. The standard InChI is InChI=1S/C19H26N2O4S/c1-13-6-2-3-7-14(13)20-17(22)12-25-19(24)15-8-4-10-21(15)18(23)16-9-5-11-26-16/h5,9,11,13-15H,2-4,6-8,10,12H2,1H3,(H,20,22)/t13-,14+,15+/m1/s1. The van der Waals surface area contributed by atoms with Gasteiger partial charge in [0.1, 0.15) is 6.04 Å². The first-order valence-electron chi connectivity index (χ1n) is 9.36. The molecule has 0 unspecified atom stereocenters. The Balaban J connectivity index is 1.49. The number of hydrogen-bond acceptors (Lipinski definition) is 5. The summed E-state index contributed by atoms with van der Waals surface area (Å²) in [6.07, 6.45) is 5.77. The van der Waals surface area contributed by atoms with Crippen LogP contribution in [0.1, 0.15) is 55.1 Å². The van der Waals surface area contributed by atoms with Crippen LogP contribution in [-0.2, 0) is 14.3 Å². The molecular weight excluding hydrogens is 352 g/mol. The zero-order valence-electron chi connectivity index (χ0n) is 15.1. The summed E-state index contributed by atoms with van der Waals surface area (Å²) in [5.74, 6) is -0.428. The Morgan fingerprint density at radius 1 is 1.23 bits per heavy atom. The van der Waals surface area contributed by atoms with Gasteiger partial charge in [0.2, 0.25) is 0 Å². The number of carbonyl (C=O) groups excluding carboxylic acids is 3. The van der Waals surface area contributed by atoms with Gasteiger partial charge in [0.15, 0.2) is 6.61 Å². The Morgan fingerprint density at radius 2 is 2.04 bits per heavy atom. The van der Waals surface area contributed by atoms with Crippen LogP contribution >= 0.6 is 11.3 Å². The molecule has 6 nitrogen and oxygen atoms in total. The molecule has 1 N–H and O–H groups in total. The van der Waals surface area contributed by atoms with Gasteiger partial charge in [-0.15, -0.1) is 11.3 Å². The SMILES string of the molecule is C[C@@H]1CCCC[C@@H]1NC(=O)COC(=O)[C@@H]1CCCN1C(=O)c1cccs1. The molecule has 1 saturated carbocycles. The van der Waals surface area contributed by atoms with Crippen molar-refractivity contribution >= 4 is 29.1 Å². The predicted octanol–water partition coefficient (Wildman–Crippen LogP) is 2.59. The van der Waals surface area contributed by atoms with Crippen LogP contribution in [0.25, 0.3) is 0 Å². The van der Waals surface area contributed by atoms with Gasteiger partial charge in [-0.3, -0.25) is 9.59 Å². The molecule has 7 heteroatoms. The fraction of sp³-hybridized carbons (Fsp3) is 0.632. The first-order chi connectivity index (χ1) is 12.6. The molecule has 0 spiro atoms. The van der Waals surface area contributed by atoms with E-state index in [0.717, 1.165) is 25.7 Å². The Bertz CT molecular complexity index is 646. The molecule has 3 rings (SSSR count). The Labute approximate surface area is 157 Å². The average Bonchev–Trinajstić information content (AvgIpc) is 3.33. The first-order valence-corrected chi connectivity index (χ1v) is 10.2. The minimum Gasteiger partial charge on any atom is -0.454 e. The Morgan fingerprint density at radius 3 is 2.77 bits per heavy atom. The Kier molecular flexibility index (Phi) is 6.29. The van der Waals surface area contributed by atoms with E-state index in [1.54, 1.807) is 11.0 Å². The third-order valence-corrected chi connectivity index (χ3v) is 6.18. The highest BCUT2D eigenvalue weighted by atomic mass is 32.1. The smallest absolute Gasteiger partial charge is 0.329 e. The lowest BCUT2D eigenvalue weighted by Gasteiger charge is -2.29. The molecular formula is C19H26N2O4S. The molecule has 1 aliphatic heterocycles. The molecule has 0 aromatic carbocycles. The highest BCUT2D eigenvalue weighted by Crippen LogP contribution is 2.24. The molecule has 0 bridgehead atoms. The van der Waals surface area contributed by atoms with Crippen molar-refractivity contribution in [1.82, 2.24) is 10.2 Å². The lowest BCUT2D eigenvalue weighted by molar-refractivity contribution is -0.152. The molecule has 2 heterocycles. The van der Waals surface area contributed by atoms with Crippen molar-refractivity contribution < 1.29 is 19.1 Å². The minimum absolute atomic E-state index is 0.139. The normalized spacial score (nSPS) is 25.7. The van der Waals surface area contributed by atoms with Crippen molar-refractivity contribution in [3.8, 4) is 0 Å². The number of nitrogens with one attached hydrogen (secondary N) is 1. The van der Waals surface area contributed by atoms with E-state index >= 15 is 0 Å². The third kappa shape index (κ3) is 4.44. The lowest BCUT2D eigenvalue weighted by atomic mass is 9.86. The quantitative estimate of drug-likeness (QED) is 0.799. The zero-order valence-corrected chi connectivity index (χ0v) is 15.9. The van der Waals surface area contributed by atoms with Crippen LogP contribution in [0.3, 0.4) is 0 Å². The number of nitrogens with zero attached hydrogens (tertiary/aromatic N) is 1. The summed E-state index contributed by atoms with van der Waals surface area (Å²) in [6.45, 7) is 2.41. The zero-order chi connectivity index (χ0) is 18.5. The van der Waals surface area contributed by atoms with Crippen molar-refractivity contribution in [2.24, 2.45) is 5.92 Å². The molecule has 1 aliphatic carbocycles. The van der Waals surface area contributed by atoms with E-state index in [4.69, 9.17) is 4.74 Å². The molecule has 2 aliphatic rings. The summed E-state index contributed by atoms with van der Waals surface area (Å²) >= 11 is 1.36. The largest absolute Gasteiger partial charge is 0.454 e. The van der Waals surface area contributed by atoms with E-state index in [1.165, 1.54) is 17.8 Å². The van der Waals surface area contributed by atoms with Gasteiger partial charge >= 0.3 is 5.97 Å². The number of ether oxygens (including phenoxy) is 1. The number of thiophene rings is 1. The van der Waals surface area contributed by atoms with Crippen molar-refractivity contribution in [1.29, 1.82) is 0 Å². The van der Waals surface area contributed by atoms with Crippen LogP contribution in [-0.4, -0.2) is 47.9 Å². The molecule has 26 heavy (non-hydrogen) atoms. The van der Waals surface area contributed by atoms with Crippen molar-refractivity contribution in [3.63, 3.8) is 0 Å². The van der Waals surface area contributed by atoms with Crippen LogP contribution in [0.4, 0.5) is 0 Å². The van der Waals surface area contributed by atoms with Crippen LogP contribution in [0.5, 0.6) is 0 Å². The van der Waals surface area contributed by atoms with Crippen molar-refractivity contribution in [3.05, 3.63) is 22.4 Å². The summed E-state index contributed by atoms with van der Waals surface area (Å²) < 4.78 is 5.22. The third-order valence-electron chi connectivity index (χ3n) is 5.32. The maximum atomic E-state index is 12.5. The number of esters is 1. The summed E-state index contributed by atoms with van der Waals surface area (Å²) in [5, 5.41) is 4.82. The van der Waals surface area contributed by atoms with E-state index in [-0.39, 0.29) is 24.5 Å². The monoisotopic (exact) mass is 378 g/mol. The van der Waals surface area contributed by atoms with E-state index in [9.17, 15) is 14.4 Å². The van der Waals surface area contributed by atoms with Gasteiger partial charge in [0, 0.05) is 12.6 Å². The maximum Gasteiger partial charge on any atom is 0.329 e. The summed E-state index contributed by atoms with van der Waals surface area (Å²) in [5.41, 5.74) is 0. The first kappa shape index (κ1) is 18.9. The highest BCUT2D eigenvalue weighted by Gasteiger charge is 2.36. The predicted molar refractivity (Wildman–Crippen MR) is 98.9 cm³/mol. The number of hydrogen-bond donors (Lipinski definition) is 1. The summed E-state index contributed by atoms with van der Waals surface area (Å²) in [6, 6.07) is 3.15. The van der Waals surface area contributed by atoms with Gasteiger partial charge in [-0.1, -0.05) is 25.8 Å². The fourth-order valence-electron chi connectivity index (χ4n) is 3.81. The topological polar surface area (TPSA) is 75.7 Å². The molecule has 0 radical (unpaired) electrons. The van der Waals surface area contributed by atoms with Gasteiger partial charge in [-0.2, -0.15) is 0 Å². The second-order valence-electron chi connectivity index (χ2n) is 7.18. The summed E-state index contributed by atoms with van der Waals surface area (Å²) in [7, 11) is 0. The van der Waals surface area contributed by atoms with Gasteiger partial charge in [-0.05, 0) is 43.0 Å². The second kappa shape index (κ2) is 8.66. The molecule has 1 saturated heterocycles. The van der Waals surface area contributed by atoms with Crippen molar-refractivity contribution in [2.45, 2.75) is 57.5 Å². The van der Waals surface area contributed by atoms with Crippen LogP contribution < -0.4 is 5.32 Å². The summed E-state index contributed by atoms with van der Waals surface area (Å²) in [4.78, 5) is 39.2. The Hall–Kier alpha value is -1.89. The maximum absolute atomic E-state index is 12.5. The van der Waals surface area contributed by atoms with E-state index in [0.29, 0.717) is 23.8 Å². The van der Waals surface area contributed by atoms with Crippen molar-refractivity contribution in [2.75, 3.05) is 13.2 Å². The van der Waals surface area contributed by atoms with Gasteiger partial charge in [-0.25, -0.2) is 4.79 Å². The molecule has 1 aromatic heterocycles. The lowest BCUT2D eigenvalue weighted by Crippen LogP contribution is -2.45. The highest BCUT2D eigenvalue weighted by molar-refractivity contribution is 7.12. The van der Waals surface area contributed by atoms with E-state index < -0.39 is 12.0 Å². The van der Waals surface area contributed by atoms with Gasteiger partial charge in [0.05, 0.1) is 4.88 Å². The number of amides is 2. The number of likely N-dealkylation sites (tertiary alicyclic amines) is 1. The molecule has 142 valence electrons. The number of carbonyl (C=O) groups is 3.